The zero-order valence-electron chi connectivity index (χ0n) is 15.3. The molecule has 3 aliphatic rings. The number of carbonyl (C=O) groups excluding carboxylic acids is 1. The van der Waals surface area contributed by atoms with E-state index in [1.165, 1.54) is 12.0 Å². The number of piperidine rings is 1. The molecule has 0 unspecified atom stereocenters. The minimum atomic E-state index is -0.286. The summed E-state index contributed by atoms with van der Waals surface area (Å²) in [7, 11) is 0. The number of amides is 1. The first-order valence-corrected chi connectivity index (χ1v) is 9.49. The van der Waals surface area contributed by atoms with Gasteiger partial charge in [0.2, 0.25) is 5.91 Å². The number of hydrogen-bond donors (Lipinski definition) is 0. The quantitative estimate of drug-likeness (QED) is 0.785. The third-order valence-corrected chi connectivity index (χ3v) is 6.97. The number of rotatable bonds is 3. The molecule has 2 bridgehead atoms. The van der Waals surface area contributed by atoms with Crippen molar-refractivity contribution >= 4 is 5.91 Å². The summed E-state index contributed by atoms with van der Waals surface area (Å²) in [6.45, 7) is 10.5. The number of hydrogen-bond acceptors (Lipinski definition) is 3. The Morgan fingerprint density at radius 2 is 2.08 bits per heavy atom. The second-order valence-electron chi connectivity index (χ2n) is 8.52. The van der Waals surface area contributed by atoms with E-state index >= 15 is 0 Å². The lowest BCUT2D eigenvalue weighted by Gasteiger charge is -2.41. The third-order valence-electron chi connectivity index (χ3n) is 6.97. The highest BCUT2D eigenvalue weighted by Crippen LogP contribution is 2.66. The fraction of sp³-hybridized carbons (Fsp3) is 0.619. The Bertz CT molecular complexity index is 676. The van der Waals surface area contributed by atoms with Crippen molar-refractivity contribution in [3.05, 3.63) is 36.7 Å². The van der Waals surface area contributed by atoms with Crippen LogP contribution in [0.5, 0.6) is 5.75 Å². The van der Waals surface area contributed by atoms with Gasteiger partial charge >= 0.3 is 0 Å². The molecule has 2 atom stereocenters. The van der Waals surface area contributed by atoms with E-state index in [1.807, 2.05) is 12.1 Å². The Balaban J connectivity index is 1.40. The van der Waals surface area contributed by atoms with Crippen LogP contribution in [0.15, 0.2) is 36.7 Å². The van der Waals surface area contributed by atoms with Crippen molar-refractivity contribution in [2.24, 2.45) is 16.7 Å². The molecule has 4 rings (SSSR count). The van der Waals surface area contributed by atoms with Crippen LogP contribution in [0.25, 0.3) is 0 Å². The van der Waals surface area contributed by atoms with E-state index in [9.17, 15) is 4.79 Å². The summed E-state index contributed by atoms with van der Waals surface area (Å²) in [5, 5.41) is 0. The van der Waals surface area contributed by atoms with Crippen LogP contribution in [0.2, 0.25) is 0 Å². The van der Waals surface area contributed by atoms with Crippen LogP contribution in [-0.2, 0) is 4.79 Å². The minimum Gasteiger partial charge on any atom is -0.489 e. The van der Waals surface area contributed by atoms with Gasteiger partial charge in [-0.1, -0.05) is 26.0 Å². The molecule has 4 nitrogen and oxygen atoms in total. The number of likely N-dealkylation sites (tertiary alicyclic amines) is 1. The van der Waals surface area contributed by atoms with Gasteiger partial charge in [0, 0.05) is 32.1 Å². The van der Waals surface area contributed by atoms with Crippen LogP contribution in [0.1, 0.15) is 46.0 Å². The molecule has 0 N–H and O–H groups in total. The topological polar surface area (TPSA) is 42.4 Å². The fourth-order valence-electron chi connectivity index (χ4n) is 5.21. The van der Waals surface area contributed by atoms with E-state index in [0.717, 1.165) is 44.5 Å². The Morgan fingerprint density at radius 1 is 1.32 bits per heavy atom. The highest BCUT2D eigenvalue weighted by Gasteiger charge is 2.61. The maximum Gasteiger partial charge on any atom is 0.232 e. The summed E-state index contributed by atoms with van der Waals surface area (Å²) >= 11 is 0. The molecule has 4 heteroatoms. The van der Waals surface area contributed by atoms with Crippen molar-refractivity contribution in [3.63, 3.8) is 0 Å². The lowest BCUT2D eigenvalue weighted by atomic mass is 9.68. The zero-order chi connectivity index (χ0) is 17.7. The Labute approximate surface area is 150 Å². The molecule has 2 aliphatic carbocycles. The first-order chi connectivity index (χ1) is 11.9. The summed E-state index contributed by atoms with van der Waals surface area (Å²) in [6.07, 6.45) is 8.60. The molecule has 1 amide bonds. The van der Waals surface area contributed by atoms with E-state index in [0.29, 0.717) is 11.8 Å². The van der Waals surface area contributed by atoms with E-state index in [-0.39, 0.29) is 16.9 Å². The number of aromatic nitrogens is 1. The van der Waals surface area contributed by atoms with Crippen LogP contribution in [0, 0.1) is 16.7 Å². The number of nitrogens with zero attached hydrogens (tertiary/aromatic N) is 2. The first-order valence-electron chi connectivity index (χ1n) is 9.49. The lowest BCUT2D eigenvalue weighted by Crippen LogP contribution is -2.49. The predicted octanol–water partition coefficient (Wildman–Crippen LogP) is 3.83. The van der Waals surface area contributed by atoms with E-state index in [2.05, 4.69) is 30.3 Å². The summed E-state index contributed by atoms with van der Waals surface area (Å²) in [5.74, 6) is 1.76. The van der Waals surface area contributed by atoms with Gasteiger partial charge < -0.3 is 9.64 Å². The van der Waals surface area contributed by atoms with Crippen molar-refractivity contribution < 1.29 is 9.53 Å². The van der Waals surface area contributed by atoms with Crippen molar-refractivity contribution in [1.82, 2.24) is 9.88 Å². The fourth-order valence-corrected chi connectivity index (χ4v) is 5.21. The van der Waals surface area contributed by atoms with E-state index in [4.69, 9.17) is 4.74 Å². The molecule has 25 heavy (non-hydrogen) atoms. The molecule has 1 saturated heterocycles. The normalized spacial score (nSPS) is 31.4. The molecule has 2 saturated carbocycles. The van der Waals surface area contributed by atoms with Gasteiger partial charge in [-0.05, 0) is 42.7 Å². The molecule has 1 aromatic heterocycles. The SMILES string of the molecule is C=C1C(C)(C)[C@H]2CC[C@]1(C(=O)N1CCC(Oc3cccnc3)CC1)C2. The van der Waals surface area contributed by atoms with Crippen LogP contribution in [-0.4, -0.2) is 35.0 Å². The molecule has 134 valence electrons. The molecule has 2 heterocycles. The second-order valence-corrected chi connectivity index (χ2v) is 8.52. The van der Waals surface area contributed by atoms with Crippen molar-refractivity contribution in [2.75, 3.05) is 13.1 Å². The van der Waals surface area contributed by atoms with Gasteiger partial charge in [0.25, 0.3) is 0 Å². The van der Waals surface area contributed by atoms with Gasteiger partial charge in [-0.25, -0.2) is 0 Å². The zero-order valence-corrected chi connectivity index (χ0v) is 15.3. The monoisotopic (exact) mass is 340 g/mol. The summed E-state index contributed by atoms with van der Waals surface area (Å²) < 4.78 is 6.00. The van der Waals surface area contributed by atoms with Crippen LogP contribution in [0.3, 0.4) is 0 Å². The Morgan fingerprint density at radius 3 is 2.68 bits per heavy atom. The van der Waals surface area contributed by atoms with Crippen LogP contribution >= 0.6 is 0 Å². The van der Waals surface area contributed by atoms with Crippen molar-refractivity contribution in [1.29, 1.82) is 0 Å². The van der Waals surface area contributed by atoms with Gasteiger partial charge in [0.1, 0.15) is 11.9 Å². The van der Waals surface area contributed by atoms with Gasteiger partial charge in [-0.2, -0.15) is 0 Å². The molecule has 3 fully saturated rings. The largest absolute Gasteiger partial charge is 0.489 e. The van der Waals surface area contributed by atoms with Crippen molar-refractivity contribution in [2.45, 2.75) is 52.1 Å². The van der Waals surface area contributed by atoms with Crippen molar-refractivity contribution in [3.8, 4) is 5.75 Å². The molecular weight excluding hydrogens is 312 g/mol. The number of fused-ring (bicyclic) bond motifs is 2. The highest BCUT2D eigenvalue weighted by atomic mass is 16.5. The van der Waals surface area contributed by atoms with Crippen LogP contribution in [0.4, 0.5) is 0 Å². The molecular formula is C21H28N2O2. The number of carbonyl (C=O) groups is 1. The first kappa shape index (κ1) is 16.6. The maximum absolute atomic E-state index is 13.4. The molecule has 0 spiro atoms. The van der Waals surface area contributed by atoms with Crippen LogP contribution < -0.4 is 4.74 Å². The molecule has 1 aromatic rings. The number of pyridine rings is 1. The van der Waals surface area contributed by atoms with E-state index in [1.54, 1.807) is 12.4 Å². The lowest BCUT2D eigenvalue weighted by molar-refractivity contribution is -0.141. The average molecular weight is 340 g/mol. The van der Waals surface area contributed by atoms with Gasteiger partial charge in [-0.3, -0.25) is 9.78 Å². The average Bonchev–Trinajstić information content (AvgIpc) is 3.15. The summed E-state index contributed by atoms with van der Waals surface area (Å²) in [5.41, 5.74) is 0.996. The Kier molecular flexibility index (Phi) is 3.89. The number of ether oxygens (including phenoxy) is 1. The molecule has 0 aromatic carbocycles. The third kappa shape index (κ3) is 2.57. The molecule has 0 radical (unpaired) electrons. The summed E-state index contributed by atoms with van der Waals surface area (Å²) in [4.78, 5) is 19.5. The van der Waals surface area contributed by atoms with Gasteiger partial charge in [-0.15, -0.1) is 0 Å². The smallest absolute Gasteiger partial charge is 0.232 e. The predicted molar refractivity (Wildman–Crippen MR) is 97.2 cm³/mol. The summed E-state index contributed by atoms with van der Waals surface area (Å²) in [6, 6.07) is 3.82. The van der Waals surface area contributed by atoms with E-state index < -0.39 is 0 Å². The van der Waals surface area contributed by atoms with Gasteiger partial charge in [0.15, 0.2) is 0 Å². The standard InChI is InChI=1S/C21H28N2O2/c1-15-20(2,3)16-6-9-21(15,13-16)19(24)23-11-7-17(8-12-23)25-18-5-4-10-22-14-18/h4-5,10,14,16-17H,1,6-9,11-13H2,2-3H3/t16-,21-/m0/s1. The minimum absolute atomic E-state index is 0.107. The maximum atomic E-state index is 13.4. The highest BCUT2D eigenvalue weighted by molar-refractivity contribution is 5.87. The Hall–Kier alpha value is -1.84. The van der Waals surface area contributed by atoms with Gasteiger partial charge in [0.05, 0.1) is 11.6 Å². The second kappa shape index (κ2) is 5.86. The molecule has 1 aliphatic heterocycles.